The maximum absolute atomic E-state index is 10.2. The molecule has 2 aromatic rings. The van der Waals surface area contributed by atoms with Crippen molar-refractivity contribution in [3.05, 3.63) is 68.0 Å². The number of phenolic OH excluding ortho intramolecular Hbond substituents is 1. The Kier molecular flexibility index (Phi) is 7.24. The number of hydrogen-bond acceptors (Lipinski definition) is 5. The van der Waals surface area contributed by atoms with Crippen LogP contribution in [-0.4, -0.2) is 27.0 Å². The zero-order chi connectivity index (χ0) is 17.5. The molecule has 0 amide bonds. The highest BCUT2D eigenvalue weighted by molar-refractivity contribution is 9.10. The fourth-order valence-electron chi connectivity index (χ4n) is 2.22. The van der Waals surface area contributed by atoms with Crippen molar-refractivity contribution < 1.29 is 20.4 Å². The van der Waals surface area contributed by atoms with Crippen LogP contribution < -0.4 is 0 Å². The average Bonchev–Trinajstić information content (AvgIpc) is 3.10. The van der Waals surface area contributed by atoms with Crippen LogP contribution >= 0.6 is 27.3 Å². The number of phenols is 1. The zero-order valence-electron chi connectivity index (χ0n) is 12.9. The van der Waals surface area contributed by atoms with Gasteiger partial charge in [0.15, 0.2) is 0 Å². The molecule has 6 heteroatoms. The topological polar surface area (TPSA) is 80.9 Å². The smallest absolute Gasteiger partial charge is 0.121 e. The quantitative estimate of drug-likeness (QED) is 0.522. The lowest BCUT2D eigenvalue weighted by atomic mass is 10.0. The number of rotatable bonds is 7. The SMILES string of the molecule is OCC(=C=CC[C@@H](O)c1cc(Br)ccc1O)C[C@@H](O)c1cccs1. The first-order chi connectivity index (χ1) is 11.5. The van der Waals surface area contributed by atoms with Crippen molar-refractivity contribution in [2.75, 3.05) is 6.61 Å². The Hall–Kier alpha value is -1.40. The van der Waals surface area contributed by atoms with Gasteiger partial charge < -0.3 is 20.4 Å². The van der Waals surface area contributed by atoms with Gasteiger partial charge in [0, 0.05) is 27.8 Å². The Labute approximate surface area is 153 Å². The van der Waals surface area contributed by atoms with Crippen LogP contribution in [0.25, 0.3) is 0 Å². The Morgan fingerprint density at radius 1 is 1.25 bits per heavy atom. The van der Waals surface area contributed by atoms with Gasteiger partial charge in [0.1, 0.15) is 5.75 Å². The second-order valence-electron chi connectivity index (χ2n) is 5.30. The van der Waals surface area contributed by atoms with E-state index in [1.165, 1.54) is 17.4 Å². The highest BCUT2D eigenvalue weighted by Gasteiger charge is 2.12. The average molecular weight is 411 g/mol. The maximum Gasteiger partial charge on any atom is 0.121 e. The number of aromatic hydroxyl groups is 1. The number of hydrogen-bond donors (Lipinski definition) is 4. The largest absolute Gasteiger partial charge is 0.508 e. The molecular weight excluding hydrogens is 392 g/mol. The van der Waals surface area contributed by atoms with Gasteiger partial charge >= 0.3 is 0 Å². The van der Waals surface area contributed by atoms with Gasteiger partial charge in [0.05, 0.1) is 18.8 Å². The molecule has 0 fully saturated rings. The second-order valence-corrected chi connectivity index (χ2v) is 7.20. The first kappa shape index (κ1) is 18.9. The molecule has 0 unspecified atom stereocenters. The predicted molar refractivity (Wildman–Crippen MR) is 98.0 cm³/mol. The first-order valence-corrected chi connectivity index (χ1v) is 9.10. The molecule has 1 aromatic carbocycles. The molecular formula is C18H19BrO4S. The molecule has 1 aromatic heterocycles. The van der Waals surface area contributed by atoms with E-state index in [1.807, 2.05) is 17.5 Å². The Balaban J connectivity index is 2.03. The van der Waals surface area contributed by atoms with E-state index in [2.05, 4.69) is 21.7 Å². The molecule has 0 bridgehead atoms. The Morgan fingerprint density at radius 3 is 2.71 bits per heavy atom. The number of benzene rings is 1. The third-order valence-electron chi connectivity index (χ3n) is 3.50. The van der Waals surface area contributed by atoms with Crippen LogP contribution in [0.5, 0.6) is 5.75 Å². The third-order valence-corrected chi connectivity index (χ3v) is 4.96. The molecule has 0 saturated carbocycles. The van der Waals surface area contributed by atoms with Crippen molar-refractivity contribution in [2.45, 2.75) is 25.0 Å². The summed E-state index contributed by atoms with van der Waals surface area (Å²) in [5.74, 6) is 0.0265. The lowest BCUT2D eigenvalue weighted by Crippen LogP contribution is -2.00. The molecule has 128 valence electrons. The maximum atomic E-state index is 10.2. The van der Waals surface area contributed by atoms with Gasteiger partial charge in [-0.1, -0.05) is 22.0 Å². The standard InChI is InChI=1S/C18H19BrO4S/c19-13-6-7-16(22)14(10-13)15(21)4-1-3-12(11-20)9-17(23)18-5-2-8-24-18/h1-2,5-8,10,15,17,20-23H,4,9,11H2/t3?,15-,17-/m1/s1. The van der Waals surface area contributed by atoms with Crippen molar-refractivity contribution in [1.82, 2.24) is 0 Å². The van der Waals surface area contributed by atoms with E-state index in [4.69, 9.17) is 0 Å². The molecule has 0 aliphatic carbocycles. The van der Waals surface area contributed by atoms with Crippen LogP contribution in [0.2, 0.25) is 0 Å². The van der Waals surface area contributed by atoms with Crippen LogP contribution in [0.4, 0.5) is 0 Å². The summed E-state index contributed by atoms with van der Waals surface area (Å²) in [5.41, 5.74) is 3.91. The Morgan fingerprint density at radius 2 is 2.04 bits per heavy atom. The molecule has 0 aliphatic heterocycles. The van der Waals surface area contributed by atoms with E-state index in [0.29, 0.717) is 11.1 Å². The van der Waals surface area contributed by atoms with E-state index in [-0.39, 0.29) is 25.2 Å². The lowest BCUT2D eigenvalue weighted by Gasteiger charge is -2.11. The van der Waals surface area contributed by atoms with Crippen molar-refractivity contribution in [1.29, 1.82) is 0 Å². The predicted octanol–water partition coefficient (Wildman–Crippen LogP) is 3.84. The van der Waals surface area contributed by atoms with Gasteiger partial charge in [0.2, 0.25) is 0 Å². The summed E-state index contributed by atoms with van der Waals surface area (Å²) >= 11 is 4.76. The summed E-state index contributed by atoms with van der Waals surface area (Å²) in [6.45, 7) is -0.211. The van der Waals surface area contributed by atoms with Gasteiger partial charge in [-0.05, 0) is 41.3 Å². The van der Waals surface area contributed by atoms with Gasteiger partial charge in [-0.3, -0.25) is 0 Å². The summed E-state index contributed by atoms with van der Waals surface area (Å²) in [6, 6.07) is 8.57. The van der Waals surface area contributed by atoms with Gasteiger partial charge in [0.25, 0.3) is 0 Å². The summed E-state index contributed by atoms with van der Waals surface area (Å²) in [5, 5.41) is 41.4. The van der Waals surface area contributed by atoms with Crippen molar-refractivity contribution >= 4 is 27.3 Å². The van der Waals surface area contributed by atoms with E-state index in [9.17, 15) is 20.4 Å². The Bertz CT molecular complexity index is 721. The molecule has 4 N–H and O–H groups in total. The summed E-state index contributed by atoms with van der Waals surface area (Å²) < 4.78 is 0.768. The van der Waals surface area contributed by atoms with Crippen molar-refractivity contribution in [3.63, 3.8) is 0 Å². The van der Waals surface area contributed by atoms with Crippen LogP contribution in [0.1, 0.15) is 35.5 Å². The minimum atomic E-state index is -0.878. The fourth-order valence-corrected chi connectivity index (χ4v) is 3.31. The molecule has 4 nitrogen and oxygen atoms in total. The summed E-state index contributed by atoms with van der Waals surface area (Å²) in [4.78, 5) is 0.835. The zero-order valence-corrected chi connectivity index (χ0v) is 15.3. The monoisotopic (exact) mass is 410 g/mol. The fraction of sp³-hybridized carbons (Fsp3) is 0.278. The van der Waals surface area contributed by atoms with E-state index in [0.717, 1.165) is 9.35 Å². The molecule has 0 spiro atoms. The molecule has 2 rings (SSSR count). The number of thiophene rings is 1. The van der Waals surface area contributed by atoms with E-state index in [1.54, 1.807) is 18.2 Å². The third kappa shape index (κ3) is 5.31. The summed E-state index contributed by atoms with van der Waals surface area (Å²) in [6.07, 6.45) is 0.579. The van der Waals surface area contributed by atoms with Gasteiger partial charge in [-0.2, -0.15) is 0 Å². The van der Waals surface area contributed by atoms with Crippen LogP contribution in [0, 0.1) is 0 Å². The molecule has 0 radical (unpaired) electrons. The number of aliphatic hydroxyl groups is 3. The highest BCUT2D eigenvalue weighted by atomic mass is 79.9. The lowest BCUT2D eigenvalue weighted by molar-refractivity contribution is 0.175. The highest BCUT2D eigenvalue weighted by Crippen LogP contribution is 2.29. The molecule has 24 heavy (non-hydrogen) atoms. The van der Waals surface area contributed by atoms with Gasteiger partial charge in [-0.25, -0.2) is 0 Å². The van der Waals surface area contributed by atoms with Crippen molar-refractivity contribution in [2.24, 2.45) is 0 Å². The first-order valence-electron chi connectivity index (χ1n) is 7.43. The second kappa shape index (κ2) is 9.18. The minimum Gasteiger partial charge on any atom is -0.508 e. The van der Waals surface area contributed by atoms with Gasteiger partial charge in [-0.15, -0.1) is 17.1 Å². The molecule has 0 aliphatic rings. The number of halogens is 1. The molecule has 0 saturated heterocycles. The van der Waals surface area contributed by atoms with Crippen molar-refractivity contribution in [3.8, 4) is 5.75 Å². The van der Waals surface area contributed by atoms with E-state index < -0.39 is 12.2 Å². The minimum absolute atomic E-state index is 0.0265. The van der Waals surface area contributed by atoms with Crippen LogP contribution in [-0.2, 0) is 0 Å². The number of aliphatic hydroxyl groups excluding tert-OH is 3. The van der Waals surface area contributed by atoms with E-state index >= 15 is 0 Å². The van der Waals surface area contributed by atoms with Crippen LogP contribution in [0.15, 0.2) is 57.6 Å². The molecule has 2 atom stereocenters. The summed E-state index contributed by atoms with van der Waals surface area (Å²) in [7, 11) is 0. The molecule has 1 heterocycles. The van der Waals surface area contributed by atoms with Crippen LogP contribution in [0.3, 0.4) is 0 Å². The normalized spacial score (nSPS) is 13.2.